The van der Waals surface area contributed by atoms with Crippen molar-refractivity contribution >= 4 is 5.78 Å². The van der Waals surface area contributed by atoms with Gasteiger partial charge < -0.3 is 0 Å². The SMILES string of the molecule is CC(C)CC(=O)c1[c]cccc1. The zero-order chi connectivity index (χ0) is 8.97. The van der Waals surface area contributed by atoms with Crippen molar-refractivity contribution < 1.29 is 4.79 Å². The minimum atomic E-state index is 0.186. The maximum Gasteiger partial charge on any atom is 0.163 e. The Hall–Kier alpha value is -1.11. The fraction of sp³-hybridized carbons (Fsp3) is 0.364. The summed E-state index contributed by atoms with van der Waals surface area (Å²) in [6.07, 6.45) is 0.612. The molecule has 12 heavy (non-hydrogen) atoms. The summed E-state index contributed by atoms with van der Waals surface area (Å²) in [5.74, 6) is 0.608. The number of carbonyl (C=O) groups excluding carboxylic acids is 1. The number of rotatable bonds is 3. The van der Waals surface area contributed by atoms with Crippen molar-refractivity contribution in [1.82, 2.24) is 0 Å². The Morgan fingerprint density at radius 1 is 1.50 bits per heavy atom. The van der Waals surface area contributed by atoms with E-state index in [0.29, 0.717) is 17.9 Å². The van der Waals surface area contributed by atoms with Gasteiger partial charge in [-0.1, -0.05) is 38.1 Å². The summed E-state index contributed by atoms with van der Waals surface area (Å²) in [5, 5.41) is 0. The average molecular weight is 161 g/mol. The quantitative estimate of drug-likeness (QED) is 0.623. The minimum Gasteiger partial charge on any atom is -0.294 e. The smallest absolute Gasteiger partial charge is 0.163 e. The Labute approximate surface area is 73.4 Å². The first-order valence-corrected chi connectivity index (χ1v) is 4.20. The van der Waals surface area contributed by atoms with Gasteiger partial charge in [-0.05, 0) is 12.0 Å². The Morgan fingerprint density at radius 2 is 2.25 bits per heavy atom. The fourth-order valence-corrected chi connectivity index (χ4v) is 1.05. The highest BCUT2D eigenvalue weighted by Gasteiger charge is 2.06. The van der Waals surface area contributed by atoms with Gasteiger partial charge in [-0.15, -0.1) is 0 Å². The van der Waals surface area contributed by atoms with Crippen LogP contribution in [0, 0.1) is 12.0 Å². The Bertz CT molecular complexity index is 249. The summed E-state index contributed by atoms with van der Waals surface area (Å²) in [6.45, 7) is 4.08. The first kappa shape index (κ1) is 8.98. The highest BCUT2D eigenvalue weighted by Crippen LogP contribution is 2.07. The second kappa shape index (κ2) is 4.05. The summed E-state index contributed by atoms with van der Waals surface area (Å²) < 4.78 is 0. The van der Waals surface area contributed by atoms with Crippen molar-refractivity contribution in [2.45, 2.75) is 20.3 Å². The van der Waals surface area contributed by atoms with Crippen molar-refractivity contribution in [2.24, 2.45) is 5.92 Å². The second-order valence-corrected chi connectivity index (χ2v) is 3.30. The van der Waals surface area contributed by atoms with Crippen LogP contribution in [0.5, 0.6) is 0 Å². The lowest BCUT2D eigenvalue weighted by atomic mass is 10.0. The Balaban J connectivity index is 2.66. The maximum atomic E-state index is 11.4. The van der Waals surface area contributed by atoms with Gasteiger partial charge in [-0.2, -0.15) is 0 Å². The number of carbonyl (C=O) groups is 1. The molecule has 1 rings (SSSR count). The lowest BCUT2D eigenvalue weighted by Gasteiger charge is -2.02. The molecule has 0 aliphatic rings. The standard InChI is InChI=1S/C11H13O/c1-9(2)8-11(12)10-6-4-3-5-7-10/h3-6,9H,8H2,1-2H3. The molecular formula is C11H13O. The van der Waals surface area contributed by atoms with Crippen LogP contribution < -0.4 is 0 Å². The van der Waals surface area contributed by atoms with E-state index in [9.17, 15) is 4.79 Å². The molecule has 0 spiro atoms. The Kier molecular flexibility index (Phi) is 3.03. The van der Waals surface area contributed by atoms with Gasteiger partial charge in [0, 0.05) is 12.0 Å². The zero-order valence-electron chi connectivity index (χ0n) is 7.50. The third-order valence-corrected chi connectivity index (χ3v) is 1.60. The number of Topliss-reactive ketones (excluding diaryl/α,β-unsaturated/α-hetero) is 1. The van der Waals surface area contributed by atoms with Crippen LogP contribution in [0.15, 0.2) is 24.3 Å². The Morgan fingerprint density at radius 3 is 2.75 bits per heavy atom. The van der Waals surface area contributed by atoms with Crippen LogP contribution in [0.25, 0.3) is 0 Å². The van der Waals surface area contributed by atoms with Gasteiger partial charge in [0.1, 0.15) is 0 Å². The number of benzene rings is 1. The molecule has 0 heterocycles. The molecule has 1 heteroatoms. The molecule has 1 aromatic rings. The molecule has 1 nitrogen and oxygen atoms in total. The van der Waals surface area contributed by atoms with Crippen LogP contribution in [0.4, 0.5) is 0 Å². The summed E-state index contributed by atoms with van der Waals surface area (Å²) in [5.41, 5.74) is 0.700. The van der Waals surface area contributed by atoms with Crippen molar-refractivity contribution in [3.8, 4) is 0 Å². The van der Waals surface area contributed by atoms with Gasteiger partial charge in [0.15, 0.2) is 5.78 Å². The number of hydrogen-bond donors (Lipinski definition) is 0. The predicted octanol–water partition coefficient (Wildman–Crippen LogP) is 2.72. The second-order valence-electron chi connectivity index (χ2n) is 3.30. The summed E-state index contributed by atoms with van der Waals surface area (Å²) in [7, 11) is 0. The molecule has 0 unspecified atom stereocenters. The molecule has 0 amide bonds. The molecular weight excluding hydrogens is 148 g/mol. The molecule has 0 aliphatic heterocycles. The zero-order valence-corrected chi connectivity index (χ0v) is 7.50. The van der Waals surface area contributed by atoms with Gasteiger partial charge in [-0.3, -0.25) is 4.79 Å². The minimum absolute atomic E-state index is 0.186. The van der Waals surface area contributed by atoms with E-state index in [1.165, 1.54) is 0 Å². The van der Waals surface area contributed by atoms with E-state index in [-0.39, 0.29) is 5.78 Å². The summed E-state index contributed by atoms with van der Waals surface area (Å²) in [6, 6.07) is 10.2. The van der Waals surface area contributed by atoms with Crippen LogP contribution >= 0.6 is 0 Å². The van der Waals surface area contributed by atoms with E-state index >= 15 is 0 Å². The molecule has 1 aromatic carbocycles. The van der Waals surface area contributed by atoms with Gasteiger partial charge >= 0.3 is 0 Å². The van der Waals surface area contributed by atoms with Crippen LogP contribution in [-0.4, -0.2) is 5.78 Å². The van der Waals surface area contributed by atoms with Gasteiger partial charge in [0.2, 0.25) is 0 Å². The van der Waals surface area contributed by atoms with Gasteiger partial charge in [-0.25, -0.2) is 0 Å². The molecule has 0 aromatic heterocycles. The van der Waals surface area contributed by atoms with Crippen molar-refractivity contribution in [3.05, 3.63) is 35.9 Å². The van der Waals surface area contributed by atoms with E-state index in [1.54, 1.807) is 6.07 Å². The van der Waals surface area contributed by atoms with Crippen LogP contribution in [0.3, 0.4) is 0 Å². The van der Waals surface area contributed by atoms with Gasteiger partial charge in [0.25, 0.3) is 0 Å². The number of hydrogen-bond acceptors (Lipinski definition) is 1. The van der Waals surface area contributed by atoms with E-state index in [2.05, 4.69) is 6.07 Å². The third-order valence-electron chi connectivity index (χ3n) is 1.60. The molecule has 63 valence electrons. The fourth-order valence-electron chi connectivity index (χ4n) is 1.05. The summed E-state index contributed by atoms with van der Waals surface area (Å²) >= 11 is 0. The van der Waals surface area contributed by atoms with E-state index < -0.39 is 0 Å². The van der Waals surface area contributed by atoms with Crippen molar-refractivity contribution in [3.63, 3.8) is 0 Å². The highest BCUT2D eigenvalue weighted by atomic mass is 16.1. The molecule has 0 bridgehead atoms. The molecule has 0 aliphatic carbocycles. The predicted molar refractivity (Wildman–Crippen MR) is 49.1 cm³/mol. The molecule has 0 fully saturated rings. The van der Waals surface area contributed by atoms with Crippen LogP contribution in [0.2, 0.25) is 0 Å². The highest BCUT2D eigenvalue weighted by molar-refractivity contribution is 5.95. The molecule has 1 radical (unpaired) electrons. The average Bonchev–Trinajstić information content (AvgIpc) is 2.05. The maximum absolute atomic E-state index is 11.4. The topological polar surface area (TPSA) is 17.1 Å². The van der Waals surface area contributed by atoms with E-state index in [4.69, 9.17) is 0 Å². The molecule has 0 saturated carbocycles. The lowest BCUT2D eigenvalue weighted by molar-refractivity contribution is 0.0967. The van der Waals surface area contributed by atoms with Crippen molar-refractivity contribution in [1.29, 1.82) is 0 Å². The van der Waals surface area contributed by atoms with Crippen LogP contribution in [0.1, 0.15) is 30.6 Å². The normalized spacial score (nSPS) is 10.2. The molecule has 0 atom stereocenters. The monoisotopic (exact) mass is 161 g/mol. The largest absolute Gasteiger partial charge is 0.294 e. The first-order chi connectivity index (χ1) is 5.70. The lowest BCUT2D eigenvalue weighted by Crippen LogP contribution is -2.02. The van der Waals surface area contributed by atoms with Crippen molar-refractivity contribution in [2.75, 3.05) is 0 Å². The number of ketones is 1. The van der Waals surface area contributed by atoms with Gasteiger partial charge in [0.05, 0.1) is 0 Å². The third kappa shape index (κ3) is 2.50. The first-order valence-electron chi connectivity index (χ1n) is 4.20. The summed E-state index contributed by atoms with van der Waals surface area (Å²) in [4.78, 5) is 11.4. The van der Waals surface area contributed by atoms with E-state index in [0.717, 1.165) is 0 Å². The van der Waals surface area contributed by atoms with Crippen LogP contribution in [-0.2, 0) is 0 Å². The van der Waals surface area contributed by atoms with E-state index in [1.807, 2.05) is 32.0 Å². The molecule has 0 N–H and O–H groups in total. The molecule has 0 saturated heterocycles.